The summed E-state index contributed by atoms with van der Waals surface area (Å²) in [5.41, 5.74) is 6.43. The molecule has 4 heteroatoms. The van der Waals surface area contributed by atoms with Gasteiger partial charge in [0.2, 0.25) is 0 Å². The maximum atomic E-state index is 5.86. The van der Waals surface area contributed by atoms with Gasteiger partial charge in [0.1, 0.15) is 0 Å². The van der Waals surface area contributed by atoms with Crippen molar-refractivity contribution in [3.05, 3.63) is 23.2 Å². The van der Waals surface area contributed by atoms with E-state index >= 15 is 0 Å². The number of benzene rings is 1. The molecule has 72 valence electrons. The summed E-state index contributed by atoms with van der Waals surface area (Å²) in [6.45, 7) is 0.719. The molecule has 2 N–H and O–H groups in total. The van der Waals surface area contributed by atoms with Crippen molar-refractivity contribution in [1.82, 2.24) is 0 Å². The third-order valence-electron chi connectivity index (χ3n) is 1.56. The minimum atomic E-state index is 0.613. The van der Waals surface area contributed by atoms with Crippen LogP contribution in [0.4, 0.5) is 5.69 Å². The summed E-state index contributed by atoms with van der Waals surface area (Å²) < 4.78 is 4.94. The topological polar surface area (TPSA) is 35.2 Å². The van der Waals surface area contributed by atoms with Crippen molar-refractivity contribution in [1.29, 1.82) is 0 Å². The quantitative estimate of drug-likeness (QED) is 0.479. The average Bonchev–Trinajstić information content (AvgIpc) is 2.13. The van der Waals surface area contributed by atoms with E-state index in [1.807, 2.05) is 12.1 Å². The summed E-state index contributed by atoms with van der Waals surface area (Å²) in [5, 5.41) is 0.613. The predicted molar refractivity (Wildman–Crippen MR) is 58.5 cm³/mol. The lowest BCUT2D eigenvalue weighted by Gasteiger charge is -2.05. The number of methoxy groups -OCH3 is 1. The normalized spacial score (nSPS) is 10.3. The minimum absolute atomic E-state index is 0.613. The second kappa shape index (κ2) is 5.37. The summed E-state index contributed by atoms with van der Waals surface area (Å²) in [4.78, 5) is 1.02. The first-order valence-electron chi connectivity index (χ1n) is 3.91. The number of hydrogen-bond acceptors (Lipinski definition) is 3. The van der Waals surface area contributed by atoms with Crippen LogP contribution < -0.4 is 5.73 Å². The lowest BCUT2D eigenvalue weighted by atomic mass is 10.3. The van der Waals surface area contributed by atoms with E-state index in [0.29, 0.717) is 10.7 Å². The van der Waals surface area contributed by atoms with Crippen LogP contribution in [0.5, 0.6) is 0 Å². The highest BCUT2D eigenvalue weighted by Crippen LogP contribution is 2.30. The van der Waals surface area contributed by atoms with Gasteiger partial charge in [0, 0.05) is 17.8 Å². The van der Waals surface area contributed by atoms with Gasteiger partial charge in [-0.15, -0.1) is 11.8 Å². The third-order valence-corrected chi connectivity index (χ3v) is 2.93. The maximum Gasteiger partial charge on any atom is 0.0646 e. The Morgan fingerprint density at radius 2 is 2.31 bits per heavy atom. The molecule has 1 aromatic rings. The predicted octanol–water partition coefficient (Wildman–Crippen LogP) is 2.66. The average molecular weight is 218 g/mol. The van der Waals surface area contributed by atoms with Crippen molar-refractivity contribution in [3.8, 4) is 0 Å². The fraction of sp³-hybridized carbons (Fsp3) is 0.333. The van der Waals surface area contributed by atoms with Crippen LogP contribution in [0.2, 0.25) is 5.02 Å². The second-order valence-corrected chi connectivity index (χ2v) is 4.04. The molecule has 0 aliphatic carbocycles. The summed E-state index contributed by atoms with van der Waals surface area (Å²) in [5.74, 6) is 0.890. The molecule has 2 nitrogen and oxygen atoms in total. The zero-order valence-electron chi connectivity index (χ0n) is 7.42. The standard InChI is InChI=1S/C9H12ClNOS/c1-12-5-6-13-8-4-2-3-7(10)9(8)11/h2-4H,5-6,11H2,1H3. The van der Waals surface area contributed by atoms with Gasteiger partial charge >= 0.3 is 0 Å². The van der Waals surface area contributed by atoms with Crippen LogP contribution >= 0.6 is 23.4 Å². The number of thioether (sulfide) groups is 1. The molecule has 0 aliphatic rings. The second-order valence-electron chi connectivity index (χ2n) is 2.49. The summed E-state index contributed by atoms with van der Waals surface area (Å²) in [6.07, 6.45) is 0. The van der Waals surface area contributed by atoms with Gasteiger partial charge in [0.05, 0.1) is 17.3 Å². The number of anilines is 1. The highest BCUT2D eigenvalue weighted by Gasteiger charge is 2.02. The van der Waals surface area contributed by atoms with E-state index < -0.39 is 0 Å². The molecule has 13 heavy (non-hydrogen) atoms. The Morgan fingerprint density at radius 1 is 1.54 bits per heavy atom. The molecule has 1 aromatic carbocycles. The van der Waals surface area contributed by atoms with Gasteiger partial charge in [-0.25, -0.2) is 0 Å². The number of rotatable bonds is 4. The summed E-state index contributed by atoms with van der Waals surface area (Å²) in [7, 11) is 1.68. The Labute approximate surface area is 87.4 Å². The highest BCUT2D eigenvalue weighted by molar-refractivity contribution is 7.99. The first-order chi connectivity index (χ1) is 6.25. The number of para-hydroxylation sites is 1. The Morgan fingerprint density at radius 3 is 3.00 bits per heavy atom. The van der Waals surface area contributed by atoms with Crippen molar-refractivity contribution >= 4 is 29.1 Å². The molecule has 0 atom stereocenters. The Hall–Kier alpha value is -0.380. The first-order valence-corrected chi connectivity index (χ1v) is 5.27. The molecule has 0 spiro atoms. The van der Waals surface area contributed by atoms with Gasteiger partial charge in [0.25, 0.3) is 0 Å². The van der Waals surface area contributed by atoms with Crippen molar-refractivity contribution < 1.29 is 4.74 Å². The fourth-order valence-corrected chi connectivity index (χ4v) is 2.02. The van der Waals surface area contributed by atoms with Crippen LogP contribution in [0.3, 0.4) is 0 Å². The van der Waals surface area contributed by atoms with Crippen LogP contribution in [0.15, 0.2) is 23.1 Å². The van der Waals surface area contributed by atoms with E-state index in [9.17, 15) is 0 Å². The van der Waals surface area contributed by atoms with Crippen LogP contribution in [0.25, 0.3) is 0 Å². The molecular weight excluding hydrogens is 206 g/mol. The Balaban J connectivity index is 2.61. The molecule has 0 aliphatic heterocycles. The zero-order chi connectivity index (χ0) is 9.68. The zero-order valence-corrected chi connectivity index (χ0v) is 8.99. The Bertz CT molecular complexity index is 280. The van der Waals surface area contributed by atoms with E-state index in [1.54, 1.807) is 24.9 Å². The number of nitrogen functional groups attached to an aromatic ring is 1. The third kappa shape index (κ3) is 3.10. The van der Waals surface area contributed by atoms with Crippen LogP contribution in [0, 0.1) is 0 Å². The van der Waals surface area contributed by atoms with E-state index in [0.717, 1.165) is 17.3 Å². The van der Waals surface area contributed by atoms with Crippen molar-refractivity contribution in [2.45, 2.75) is 4.90 Å². The number of nitrogens with two attached hydrogens (primary N) is 1. The summed E-state index contributed by atoms with van der Waals surface area (Å²) in [6, 6.07) is 5.65. The molecule has 0 bridgehead atoms. The van der Waals surface area contributed by atoms with Crippen LogP contribution in [0.1, 0.15) is 0 Å². The van der Waals surface area contributed by atoms with Gasteiger partial charge < -0.3 is 10.5 Å². The molecule has 0 heterocycles. The number of hydrogen-bond donors (Lipinski definition) is 1. The molecule has 0 radical (unpaired) electrons. The van der Waals surface area contributed by atoms with E-state index in [2.05, 4.69) is 0 Å². The maximum absolute atomic E-state index is 5.86. The SMILES string of the molecule is COCCSc1cccc(Cl)c1N. The minimum Gasteiger partial charge on any atom is -0.397 e. The highest BCUT2D eigenvalue weighted by atomic mass is 35.5. The Kier molecular flexibility index (Phi) is 4.42. The summed E-state index contributed by atoms with van der Waals surface area (Å²) >= 11 is 7.51. The van der Waals surface area contributed by atoms with Crippen molar-refractivity contribution in [2.75, 3.05) is 25.2 Å². The van der Waals surface area contributed by atoms with Gasteiger partial charge in [-0.3, -0.25) is 0 Å². The molecule has 0 amide bonds. The van der Waals surface area contributed by atoms with Gasteiger partial charge in [-0.05, 0) is 12.1 Å². The van der Waals surface area contributed by atoms with Gasteiger partial charge in [-0.1, -0.05) is 17.7 Å². The van der Waals surface area contributed by atoms with Crippen molar-refractivity contribution in [2.24, 2.45) is 0 Å². The largest absolute Gasteiger partial charge is 0.397 e. The smallest absolute Gasteiger partial charge is 0.0646 e. The molecule has 1 rings (SSSR count). The monoisotopic (exact) mass is 217 g/mol. The fourth-order valence-electron chi connectivity index (χ4n) is 0.878. The molecule has 0 unspecified atom stereocenters. The molecule has 0 saturated carbocycles. The van der Waals surface area contributed by atoms with E-state index in [1.165, 1.54) is 0 Å². The lowest BCUT2D eigenvalue weighted by molar-refractivity contribution is 0.218. The molecule has 0 fully saturated rings. The van der Waals surface area contributed by atoms with Crippen LogP contribution in [-0.2, 0) is 4.74 Å². The molecule has 0 aromatic heterocycles. The van der Waals surface area contributed by atoms with Gasteiger partial charge in [-0.2, -0.15) is 0 Å². The molecule has 0 saturated heterocycles. The van der Waals surface area contributed by atoms with E-state index in [4.69, 9.17) is 22.1 Å². The van der Waals surface area contributed by atoms with Crippen molar-refractivity contribution in [3.63, 3.8) is 0 Å². The van der Waals surface area contributed by atoms with Crippen LogP contribution in [-0.4, -0.2) is 19.5 Å². The number of ether oxygens (including phenoxy) is 1. The van der Waals surface area contributed by atoms with Gasteiger partial charge in [0.15, 0.2) is 0 Å². The number of halogens is 1. The first kappa shape index (κ1) is 10.7. The van der Waals surface area contributed by atoms with E-state index in [-0.39, 0.29) is 0 Å². The molecular formula is C9H12ClNOS. The lowest BCUT2D eigenvalue weighted by Crippen LogP contribution is -1.94.